The van der Waals surface area contributed by atoms with Crippen LogP contribution in [0, 0.1) is 0 Å². The maximum absolute atomic E-state index is 11.1. The van der Waals surface area contributed by atoms with Crippen molar-refractivity contribution in [2.24, 2.45) is 5.73 Å². The fraction of sp³-hybridized carbons (Fsp3) is 0. The molecule has 1 aromatic rings. The quantitative estimate of drug-likeness (QED) is 0.585. The van der Waals surface area contributed by atoms with Crippen molar-refractivity contribution in [1.29, 1.82) is 0 Å². The Kier molecular flexibility index (Phi) is 2.37. The van der Waals surface area contributed by atoms with Crippen LogP contribution in [0.4, 0.5) is 4.79 Å². The zero-order valence-electron chi connectivity index (χ0n) is 6.21. The van der Waals surface area contributed by atoms with Crippen LogP contribution in [0.3, 0.4) is 0 Å². The Bertz CT molecular complexity index is 401. The van der Waals surface area contributed by atoms with Crippen LogP contribution in [0.15, 0.2) is 17.3 Å². The van der Waals surface area contributed by atoms with Crippen molar-refractivity contribution >= 4 is 16.1 Å². The number of sulfonamides is 1. The minimum absolute atomic E-state index is 0.415. The summed E-state index contributed by atoms with van der Waals surface area (Å²) in [7, 11) is -4.00. The zero-order valence-corrected chi connectivity index (χ0v) is 7.02. The lowest BCUT2D eigenvalue weighted by Gasteiger charge is -2.00. The molecule has 0 aliphatic rings. The monoisotopic (exact) mass is 203 g/mol. The first-order valence-electron chi connectivity index (χ1n) is 2.99. The van der Waals surface area contributed by atoms with E-state index < -0.39 is 21.1 Å². The van der Waals surface area contributed by atoms with Gasteiger partial charge in [0.1, 0.15) is 0 Å². The molecule has 13 heavy (non-hydrogen) atoms. The Hall–Kier alpha value is -1.77. The number of amides is 2. The van der Waals surface area contributed by atoms with Crippen LogP contribution < -0.4 is 10.5 Å². The molecule has 0 radical (unpaired) electrons. The maximum atomic E-state index is 11.1. The van der Waals surface area contributed by atoms with Gasteiger partial charge in [-0.25, -0.2) is 9.52 Å². The fourth-order valence-corrected chi connectivity index (χ4v) is 1.31. The Balaban J connectivity index is 3.02. The molecule has 0 bridgehead atoms. The van der Waals surface area contributed by atoms with Gasteiger partial charge in [-0.05, 0) is 11.3 Å². The maximum Gasteiger partial charge on any atom is 0.326 e. The molecule has 1 rings (SSSR count). The van der Waals surface area contributed by atoms with Crippen LogP contribution in [0.2, 0.25) is 0 Å². The molecular weight excluding hydrogens is 198 g/mol. The van der Waals surface area contributed by atoms with Gasteiger partial charge in [0.05, 0.1) is 6.20 Å². The van der Waals surface area contributed by atoms with E-state index >= 15 is 0 Å². The van der Waals surface area contributed by atoms with E-state index in [1.807, 2.05) is 0 Å². The second-order valence-electron chi connectivity index (χ2n) is 1.93. The van der Waals surface area contributed by atoms with Crippen LogP contribution in [0.25, 0.3) is 0 Å². The molecule has 0 aromatic carbocycles. The first-order valence-corrected chi connectivity index (χ1v) is 4.47. The van der Waals surface area contributed by atoms with Crippen molar-refractivity contribution in [2.45, 2.75) is 5.03 Å². The Morgan fingerprint density at radius 3 is 2.69 bits per heavy atom. The number of aromatic nitrogens is 3. The molecule has 1 heterocycles. The van der Waals surface area contributed by atoms with E-state index in [4.69, 9.17) is 0 Å². The summed E-state index contributed by atoms with van der Waals surface area (Å²) in [5.41, 5.74) is 4.62. The first-order chi connectivity index (χ1) is 6.02. The summed E-state index contributed by atoms with van der Waals surface area (Å²) in [5, 5.41) is 9.12. The van der Waals surface area contributed by atoms with E-state index in [2.05, 4.69) is 21.1 Å². The largest absolute Gasteiger partial charge is 0.351 e. The molecule has 0 aliphatic heterocycles. The molecule has 0 aliphatic carbocycles. The Morgan fingerprint density at radius 1 is 1.54 bits per heavy atom. The molecule has 8 nitrogen and oxygen atoms in total. The predicted molar refractivity (Wildman–Crippen MR) is 39.7 cm³/mol. The van der Waals surface area contributed by atoms with Crippen molar-refractivity contribution in [3.05, 3.63) is 12.3 Å². The number of nitrogens with zero attached hydrogens (tertiary/aromatic N) is 3. The molecular formula is C4H5N5O3S. The van der Waals surface area contributed by atoms with Gasteiger partial charge >= 0.3 is 6.03 Å². The highest BCUT2D eigenvalue weighted by Gasteiger charge is 2.17. The average molecular weight is 203 g/mol. The van der Waals surface area contributed by atoms with Gasteiger partial charge in [0.2, 0.25) is 5.03 Å². The van der Waals surface area contributed by atoms with Gasteiger partial charge < -0.3 is 5.73 Å². The summed E-state index contributed by atoms with van der Waals surface area (Å²) in [6.07, 6.45) is 1.13. The molecule has 3 N–H and O–H groups in total. The number of primary amides is 1. The molecule has 2 amide bonds. The van der Waals surface area contributed by atoms with Gasteiger partial charge in [0, 0.05) is 0 Å². The van der Waals surface area contributed by atoms with Crippen molar-refractivity contribution in [3.63, 3.8) is 0 Å². The minimum atomic E-state index is -4.00. The van der Waals surface area contributed by atoms with Crippen LogP contribution in [-0.2, 0) is 10.0 Å². The number of carbonyl (C=O) groups excluding carboxylic acids is 1. The van der Waals surface area contributed by atoms with Crippen molar-refractivity contribution in [1.82, 2.24) is 20.1 Å². The average Bonchev–Trinajstić information content (AvgIpc) is 2.04. The Morgan fingerprint density at radius 2 is 2.23 bits per heavy atom. The van der Waals surface area contributed by atoms with E-state index in [1.54, 1.807) is 0 Å². The molecule has 0 unspecified atom stereocenters. The number of nitrogens with one attached hydrogen (secondary N) is 1. The predicted octanol–water partition coefficient (Wildman–Crippen LogP) is -1.77. The SMILES string of the molecule is NC(=O)NS(=O)(=O)c1ccnnn1. The van der Waals surface area contributed by atoms with E-state index in [-0.39, 0.29) is 0 Å². The molecule has 70 valence electrons. The lowest BCUT2D eigenvalue weighted by atomic mass is 10.7. The van der Waals surface area contributed by atoms with Gasteiger partial charge in [0.15, 0.2) is 0 Å². The van der Waals surface area contributed by atoms with Crippen LogP contribution in [0.5, 0.6) is 0 Å². The summed E-state index contributed by atoms with van der Waals surface area (Å²) in [5.74, 6) is 0. The lowest BCUT2D eigenvalue weighted by molar-refractivity contribution is 0.253. The molecule has 0 spiro atoms. The summed E-state index contributed by atoms with van der Waals surface area (Å²) in [6, 6.07) is -0.100. The van der Waals surface area contributed by atoms with Gasteiger partial charge in [-0.3, -0.25) is 0 Å². The summed E-state index contributed by atoms with van der Waals surface area (Å²) >= 11 is 0. The van der Waals surface area contributed by atoms with E-state index in [0.717, 1.165) is 12.3 Å². The summed E-state index contributed by atoms with van der Waals surface area (Å²) in [4.78, 5) is 10.3. The van der Waals surface area contributed by atoms with E-state index in [9.17, 15) is 13.2 Å². The highest BCUT2D eigenvalue weighted by atomic mass is 32.2. The van der Waals surface area contributed by atoms with Crippen LogP contribution in [-0.4, -0.2) is 29.9 Å². The van der Waals surface area contributed by atoms with Gasteiger partial charge in [-0.15, -0.1) is 10.2 Å². The van der Waals surface area contributed by atoms with Gasteiger partial charge in [-0.2, -0.15) is 8.42 Å². The van der Waals surface area contributed by atoms with E-state index in [0.29, 0.717) is 0 Å². The number of urea groups is 1. The number of carbonyl (C=O) groups is 1. The topological polar surface area (TPSA) is 128 Å². The molecule has 0 saturated heterocycles. The normalized spacial score (nSPS) is 10.8. The molecule has 0 fully saturated rings. The second-order valence-corrected chi connectivity index (χ2v) is 3.56. The highest BCUT2D eigenvalue weighted by Crippen LogP contribution is 1.99. The molecule has 1 aromatic heterocycles. The Labute approximate surface area is 73.2 Å². The molecule has 0 saturated carbocycles. The van der Waals surface area contributed by atoms with Crippen molar-refractivity contribution < 1.29 is 13.2 Å². The van der Waals surface area contributed by atoms with Crippen LogP contribution in [0.1, 0.15) is 0 Å². The number of hydrogen-bond acceptors (Lipinski definition) is 6. The van der Waals surface area contributed by atoms with E-state index in [1.165, 1.54) is 4.72 Å². The third-order valence-corrected chi connectivity index (χ3v) is 2.23. The second kappa shape index (κ2) is 3.31. The summed E-state index contributed by atoms with van der Waals surface area (Å²) < 4.78 is 23.7. The standard InChI is InChI=1S/C4H5N5O3S/c5-4(10)8-13(11,12)3-1-2-6-9-7-3/h1-2H,(H3,5,8,10). The molecule has 9 heteroatoms. The number of hydrogen-bond donors (Lipinski definition) is 2. The fourth-order valence-electron chi connectivity index (χ4n) is 0.558. The van der Waals surface area contributed by atoms with Crippen molar-refractivity contribution in [2.75, 3.05) is 0 Å². The number of rotatable bonds is 2. The highest BCUT2D eigenvalue weighted by molar-refractivity contribution is 7.90. The zero-order chi connectivity index (χ0) is 9.90. The number of nitrogens with two attached hydrogens (primary N) is 1. The third-order valence-electron chi connectivity index (χ3n) is 0.989. The summed E-state index contributed by atoms with van der Waals surface area (Å²) in [6.45, 7) is 0. The smallest absolute Gasteiger partial charge is 0.326 e. The molecule has 0 atom stereocenters. The minimum Gasteiger partial charge on any atom is -0.351 e. The third kappa shape index (κ3) is 2.33. The van der Waals surface area contributed by atoms with Crippen LogP contribution >= 0.6 is 0 Å². The first kappa shape index (κ1) is 9.32. The van der Waals surface area contributed by atoms with Crippen molar-refractivity contribution in [3.8, 4) is 0 Å². The van der Waals surface area contributed by atoms with Gasteiger partial charge in [-0.1, -0.05) is 0 Å². The lowest BCUT2D eigenvalue weighted by Crippen LogP contribution is -2.35. The van der Waals surface area contributed by atoms with Gasteiger partial charge in [0.25, 0.3) is 10.0 Å².